The summed E-state index contributed by atoms with van der Waals surface area (Å²) in [6.07, 6.45) is -0.649. The molecule has 0 heterocycles. The second-order valence-electron chi connectivity index (χ2n) is 14.3. The summed E-state index contributed by atoms with van der Waals surface area (Å²) in [5.74, 6) is -7.20. The second kappa shape index (κ2) is 20.3. The highest BCUT2D eigenvalue weighted by Crippen LogP contribution is 2.38. The number of nitrogen functional groups attached to an aromatic ring is 1. The van der Waals surface area contributed by atoms with Gasteiger partial charge in [0.15, 0.2) is 0 Å². The number of anilines is 1. The van der Waals surface area contributed by atoms with E-state index in [4.69, 9.17) is 11.5 Å². The maximum absolute atomic E-state index is 13.1. The van der Waals surface area contributed by atoms with Gasteiger partial charge < -0.3 is 42.9 Å². The minimum Gasteiger partial charge on any atom is -0.481 e. The Kier molecular flexibility index (Phi) is 17.7. The van der Waals surface area contributed by atoms with Crippen LogP contribution < -0.4 is 32.7 Å². The molecular formula is C33H52N6O12S. The van der Waals surface area contributed by atoms with E-state index in [9.17, 15) is 56.7 Å². The van der Waals surface area contributed by atoms with Gasteiger partial charge in [0.25, 0.3) is 16.0 Å². The summed E-state index contributed by atoms with van der Waals surface area (Å²) in [7, 11) is -4.59. The van der Waals surface area contributed by atoms with Gasteiger partial charge in [-0.3, -0.25) is 33.3 Å². The van der Waals surface area contributed by atoms with Crippen LogP contribution in [-0.2, 0) is 38.9 Å². The molecule has 0 aliphatic heterocycles. The van der Waals surface area contributed by atoms with E-state index < -0.39 is 99.7 Å². The molecule has 1 aromatic carbocycles. The molecule has 0 aliphatic carbocycles. The average molecular weight is 757 g/mol. The van der Waals surface area contributed by atoms with Crippen LogP contribution in [0.5, 0.6) is 0 Å². The van der Waals surface area contributed by atoms with E-state index in [-0.39, 0.29) is 31.7 Å². The number of carbonyl (C=O) groups is 7. The Morgan fingerprint density at radius 2 is 1.35 bits per heavy atom. The first kappa shape index (κ1) is 45.2. The van der Waals surface area contributed by atoms with Crippen molar-refractivity contribution in [1.29, 1.82) is 0 Å². The predicted molar refractivity (Wildman–Crippen MR) is 189 cm³/mol. The molecule has 3 atom stereocenters. The number of nitrogens with two attached hydrogens (primary N) is 2. The quantitative estimate of drug-likeness (QED) is 0.0396. The van der Waals surface area contributed by atoms with E-state index in [2.05, 4.69) is 21.3 Å². The molecule has 0 spiro atoms. The van der Waals surface area contributed by atoms with Gasteiger partial charge in [-0.15, -0.1) is 0 Å². The highest BCUT2D eigenvalue weighted by Gasteiger charge is 2.34. The minimum atomic E-state index is -4.59. The van der Waals surface area contributed by atoms with Crippen molar-refractivity contribution in [3.63, 3.8) is 0 Å². The second-order valence-corrected chi connectivity index (χ2v) is 15.9. The van der Waals surface area contributed by atoms with Crippen LogP contribution in [-0.4, -0.2) is 95.1 Å². The molecule has 19 heteroatoms. The van der Waals surface area contributed by atoms with Crippen molar-refractivity contribution in [3.8, 4) is 0 Å². The van der Waals surface area contributed by atoms with Crippen LogP contribution in [0.25, 0.3) is 0 Å². The van der Waals surface area contributed by atoms with Crippen LogP contribution in [0.1, 0.15) is 95.8 Å². The van der Waals surface area contributed by atoms with E-state index in [1.807, 2.05) is 0 Å². The van der Waals surface area contributed by atoms with Crippen molar-refractivity contribution in [2.24, 2.45) is 16.6 Å². The Balaban J connectivity index is 2.78. The zero-order chi connectivity index (χ0) is 39.9. The summed E-state index contributed by atoms with van der Waals surface area (Å²) in [6, 6.07) is 1.96. The molecule has 0 aromatic heterocycles. The standard InChI is InChI=1S/C33H52N6O12S/c1-32(2,19-33(3,4)18-27(42)43)17-26(41)38-23(14-16-52(49,50)51)30(46)39-24(31(47)48)12-13-25(40)37-22(28(35)44)7-5-6-15-36-29(45)20-8-10-21(34)11-9-20/h8-11,22-24H,5-7,12-19,34H2,1-4H3,(H2,35,44)(H,36,45)(H,37,40)(H,38,41)(H,39,46)(H,42,43)(H,47,48)(H,49,50,51)/t22-,23-,24-/m0/s1. The molecule has 0 unspecified atom stereocenters. The lowest BCUT2D eigenvalue weighted by Crippen LogP contribution is -2.53. The van der Waals surface area contributed by atoms with Crippen LogP contribution in [0.2, 0.25) is 0 Å². The van der Waals surface area contributed by atoms with Crippen molar-refractivity contribution >= 4 is 57.3 Å². The normalized spacial score (nSPS) is 13.6. The number of carbonyl (C=O) groups excluding carboxylic acids is 5. The predicted octanol–water partition coefficient (Wildman–Crippen LogP) is 0.559. The van der Waals surface area contributed by atoms with E-state index in [1.165, 1.54) is 0 Å². The van der Waals surface area contributed by atoms with Gasteiger partial charge in [0.05, 0.1) is 12.2 Å². The number of carboxylic acid groups (broad SMARTS) is 2. The van der Waals surface area contributed by atoms with Gasteiger partial charge in [-0.2, -0.15) is 8.42 Å². The fourth-order valence-electron chi connectivity index (χ4n) is 5.81. The Hall–Kier alpha value is -4.78. The molecule has 0 bridgehead atoms. The maximum Gasteiger partial charge on any atom is 0.326 e. The number of carboxylic acids is 2. The van der Waals surface area contributed by atoms with Crippen LogP contribution in [0, 0.1) is 10.8 Å². The lowest BCUT2D eigenvalue weighted by atomic mass is 9.71. The molecule has 18 nitrogen and oxygen atoms in total. The number of hydrogen-bond acceptors (Lipinski definition) is 10. The first-order chi connectivity index (χ1) is 23.9. The highest BCUT2D eigenvalue weighted by atomic mass is 32.2. The average Bonchev–Trinajstić information content (AvgIpc) is 2.98. The van der Waals surface area contributed by atoms with Crippen molar-refractivity contribution in [3.05, 3.63) is 29.8 Å². The van der Waals surface area contributed by atoms with Crippen LogP contribution >= 0.6 is 0 Å². The minimum absolute atomic E-state index is 0.126. The number of aliphatic carboxylic acids is 2. The molecule has 0 saturated heterocycles. The molecule has 0 fully saturated rings. The highest BCUT2D eigenvalue weighted by molar-refractivity contribution is 7.85. The van der Waals surface area contributed by atoms with Crippen LogP contribution in [0.4, 0.5) is 5.69 Å². The summed E-state index contributed by atoms with van der Waals surface area (Å²) in [5.41, 5.74) is 10.5. The van der Waals surface area contributed by atoms with Crippen molar-refractivity contribution in [2.75, 3.05) is 18.0 Å². The van der Waals surface area contributed by atoms with Crippen LogP contribution in [0.15, 0.2) is 24.3 Å². The van der Waals surface area contributed by atoms with Gasteiger partial charge in [-0.25, -0.2) is 4.79 Å². The number of rotatable bonds is 24. The van der Waals surface area contributed by atoms with Gasteiger partial charge in [0.1, 0.15) is 18.1 Å². The Bertz CT molecular complexity index is 1550. The van der Waals surface area contributed by atoms with Gasteiger partial charge in [-0.05, 0) is 73.6 Å². The molecule has 11 N–H and O–H groups in total. The number of benzene rings is 1. The van der Waals surface area contributed by atoms with Crippen molar-refractivity contribution in [2.45, 2.75) is 104 Å². The topological polar surface area (TPSA) is 314 Å². The summed E-state index contributed by atoms with van der Waals surface area (Å²) in [6.45, 7) is 7.14. The Morgan fingerprint density at radius 1 is 0.769 bits per heavy atom. The molecular weight excluding hydrogens is 704 g/mol. The summed E-state index contributed by atoms with van der Waals surface area (Å²) in [5, 5.41) is 28.6. The third kappa shape index (κ3) is 19.0. The summed E-state index contributed by atoms with van der Waals surface area (Å²) >= 11 is 0. The number of unbranched alkanes of at least 4 members (excludes halogenated alkanes) is 1. The summed E-state index contributed by atoms with van der Waals surface area (Å²) in [4.78, 5) is 86.1. The fourth-order valence-corrected chi connectivity index (χ4v) is 6.35. The lowest BCUT2D eigenvalue weighted by Gasteiger charge is -2.34. The zero-order valence-corrected chi connectivity index (χ0v) is 30.7. The van der Waals surface area contributed by atoms with Gasteiger partial charge in [-0.1, -0.05) is 27.7 Å². The van der Waals surface area contributed by atoms with Gasteiger partial charge in [0.2, 0.25) is 23.6 Å². The van der Waals surface area contributed by atoms with E-state index in [1.54, 1.807) is 52.0 Å². The fraction of sp³-hybridized carbons (Fsp3) is 0.606. The third-order valence-electron chi connectivity index (χ3n) is 7.87. The van der Waals surface area contributed by atoms with E-state index in [0.29, 0.717) is 30.5 Å². The lowest BCUT2D eigenvalue weighted by molar-refractivity contribution is -0.142. The monoisotopic (exact) mass is 756 g/mol. The third-order valence-corrected chi connectivity index (χ3v) is 8.63. The number of primary amides is 1. The molecule has 5 amide bonds. The number of nitrogens with one attached hydrogen (secondary N) is 4. The Labute approximate surface area is 303 Å². The number of hydrogen-bond donors (Lipinski definition) is 9. The zero-order valence-electron chi connectivity index (χ0n) is 29.9. The Morgan fingerprint density at radius 3 is 1.88 bits per heavy atom. The van der Waals surface area contributed by atoms with Crippen molar-refractivity contribution in [1.82, 2.24) is 21.3 Å². The smallest absolute Gasteiger partial charge is 0.326 e. The summed E-state index contributed by atoms with van der Waals surface area (Å²) < 4.78 is 32.1. The molecule has 0 aliphatic rings. The first-order valence-corrected chi connectivity index (χ1v) is 18.2. The number of amides is 5. The molecule has 292 valence electrons. The molecule has 0 radical (unpaired) electrons. The molecule has 1 aromatic rings. The molecule has 0 saturated carbocycles. The van der Waals surface area contributed by atoms with Gasteiger partial charge in [0, 0.05) is 30.6 Å². The van der Waals surface area contributed by atoms with E-state index in [0.717, 1.165) is 0 Å². The maximum atomic E-state index is 13.1. The molecule has 52 heavy (non-hydrogen) atoms. The van der Waals surface area contributed by atoms with Crippen molar-refractivity contribution < 1.29 is 56.7 Å². The largest absolute Gasteiger partial charge is 0.481 e. The van der Waals surface area contributed by atoms with Crippen LogP contribution in [0.3, 0.4) is 0 Å². The van der Waals surface area contributed by atoms with E-state index >= 15 is 0 Å². The SMILES string of the molecule is CC(C)(CC(=O)O)CC(C)(C)CC(=O)N[C@@H](CCS(=O)(=O)O)C(=O)N[C@@H](CCC(=O)N[C@@H](CCCCNC(=O)c1ccc(N)cc1)C(N)=O)C(=O)O. The first-order valence-electron chi connectivity index (χ1n) is 16.6. The van der Waals surface area contributed by atoms with Gasteiger partial charge >= 0.3 is 11.9 Å². The molecule has 1 rings (SSSR count).